The number of amides is 1. The van der Waals surface area contributed by atoms with Crippen LogP contribution in [0.25, 0.3) is 11.4 Å². The molecule has 2 aliphatic rings. The molecule has 0 radical (unpaired) electrons. The van der Waals surface area contributed by atoms with Gasteiger partial charge in [0.15, 0.2) is 0 Å². The van der Waals surface area contributed by atoms with E-state index in [9.17, 15) is 14.4 Å². The molecule has 1 aliphatic heterocycles. The number of likely N-dealkylation sites (tertiary alicyclic amines) is 1. The Kier molecular flexibility index (Phi) is 4.77. The van der Waals surface area contributed by atoms with E-state index in [-0.39, 0.29) is 29.0 Å². The van der Waals surface area contributed by atoms with E-state index in [1.165, 1.54) is 10.6 Å². The molecule has 0 bridgehead atoms. The van der Waals surface area contributed by atoms with E-state index in [1.54, 1.807) is 30.7 Å². The van der Waals surface area contributed by atoms with Crippen molar-refractivity contribution in [2.24, 2.45) is 0 Å². The van der Waals surface area contributed by atoms with Crippen LogP contribution in [0.5, 0.6) is 0 Å². The Morgan fingerprint density at radius 3 is 2.87 bits per heavy atom. The third kappa shape index (κ3) is 3.48. The number of hydrogen-bond acceptors (Lipinski definition) is 5. The second kappa shape index (κ2) is 7.61. The lowest BCUT2D eigenvalue weighted by Crippen LogP contribution is -2.49. The molecule has 3 aromatic rings. The van der Waals surface area contributed by atoms with Gasteiger partial charge in [-0.25, -0.2) is 4.98 Å². The van der Waals surface area contributed by atoms with Crippen molar-refractivity contribution in [2.45, 2.75) is 37.6 Å². The Balaban J connectivity index is 1.46. The van der Waals surface area contributed by atoms with Crippen molar-refractivity contribution in [2.75, 3.05) is 13.1 Å². The van der Waals surface area contributed by atoms with E-state index in [0.29, 0.717) is 25.3 Å². The topological polar surface area (TPSA) is 101 Å². The van der Waals surface area contributed by atoms with Gasteiger partial charge in [-0.15, -0.1) is 0 Å². The van der Waals surface area contributed by atoms with Crippen molar-refractivity contribution < 1.29 is 4.79 Å². The van der Waals surface area contributed by atoms with Crippen LogP contribution in [0.15, 0.2) is 58.5 Å². The molecule has 1 atom stereocenters. The van der Waals surface area contributed by atoms with Gasteiger partial charge in [-0.05, 0) is 43.9 Å². The predicted octanol–water partition coefficient (Wildman–Crippen LogP) is 1.50. The van der Waals surface area contributed by atoms with Crippen molar-refractivity contribution in [1.82, 2.24) is 24.4 Å². The molecule has 0 saturated carbocycles. The fourth-order valence-corrected chi connectivity index (χ4v) is 4.87. The number of H-pyrrole nitrogens is 1. The van der Waals surface area contributed by atoms with Crippen LogP contribution in [0, 0.1) is 0 Å². The Morgan fingerprint density at radius 1 is 1.16 bits per heavy atom. The van der Waals surface area contributed by atoms with Crippen LogP contribution in [0.4, 0.5) is 0 Å². The number of nitrogens with one attached hydrogen (secondary N) is 1. The fourth-order valence-electron chi connectivity index (χ4n) is 4.87. The molecule has 8 heteroatoms. The summed E-state index contributed by atoms with van der Waals surface area (Å²) in [4.78, 5) is 51.5. The van der Waals surface area contributed by atoms with Crippen LogP contribution in [0.3, 0.4) is 0 Å². The van der Waals surface area contributed by atoms with Crippen molar-refractivity contribution in [1.29, 1.82) is 0 Å². The molecule has 4 heterocycles. The smallest absolute Gasteiger partial charge is 0.254 e. The number of nitrogens with zero attached hydrogens (tertiary/aromatic N) is 4. The highest BCUT2D eigenvalue weighted by molar-refractivity contribution is 5.76. The Hall–Kier alpha value is -3.55. The molecule has 1 amide bonds. The minimum absolute atomic E-state index is 0.0202. The van der Waals surface area contributed by atoms with Gasteiger partial charge in [0.05, 0.1) is 5.69 Å². The van der Waals surface area contributed by atoms with Gasteiger partial charge >= 0.3 is 0 Å². The maximum absolute atomic E-state index is 13.0. The van der Waals surface area contributed by atoms with Crippen molar-refractivity contribution in [3.05, 3.63) is 80.9 Å². The normalized spacial score (nSPS) is 20.1. The molecule has 1 spiro atoms. The van der Waals surface area contributed by atoms with Crippen molar-refractivity contribution in [3.63, 3.8) is 0 Å². The number of fused-ring (bicyclic) bond motifs is 2. The fraction of sp³-hybridized carbons (Fsp3) is 0.348. The summed E-state index contributed by atoms with van der Waals surface area (Å²) in [6.45, 7) is 1.19. The summed E-state index contributed by atoms with van der Waals surface area (Å²) in [5.74, 6) is 0.426. The monoisotopic (exact) mass is 417 g/mol. The highest BCUT2D eigenvalue weighted by Gasteiger charge is 2.45. The van der Waals surface area contributed by atoms with E-state index >= 15 is 0 Å². The SMILES string of the molecule is O=C(Cn1ccccc1=O)N1CCCC2(CCc3c2nc(-c2cccnc2)[nH]c3=O)C1. The van der Waals surface area contributed by atoms with Gasteiger partial charge in [0, 0.05) is 54.3 Å². The van der Waals surface area contributed by atoms with Gasteiger partial charge in [-0.3, -0.25) is 19.4 Å². The Bertz CT molecular complexity index is 1250. The molecular weight excluding hydrogens is 394 g/mol. The highest BCUT2D eigenvalue weighted by Crippen LogP contribution is 2.43. The van der Waals surface area contributed by atoms with Crippen LogP contribution < -0.4 is 11.1 Å². The minimum atomic E-state index is -0.323. The van der Waals surface area contributed by atoms with E-state index in [1.807, 2.05) is 17.0 Å². The number of piperidine rings is 1. The second-order valence-corrected chi connectivity index (χ2v) is 8.35. The minimum Gasteiger partial charge on any atom is -0.340 e. The average Bonchev–Trinajstić information content (AvgIpc) is 3.14. The van der Waals surface area contributed by atoms with Gasteiger partial charge in [-0.2, -0.15) is 0 Å². The first-order chi connectivity index (χ1) is 15.1. The molecule has 1 saturated heterocycles. The third-order valence-electron chi connectivity index (χ3n) is 6.44. The van der Waals surface area contributed by atoms with E-state index in [2.05, 4.69) is 9.97 Å². The molecule has 5 rings (SSSR count). The lowest BCUT2D eigenvalue weighted by molar-refractivity contribution is -0.134. The number of carbonyl (C=O) groups excluding carboxylic acids is 1. The van der Waals surface area contributed by atoms with Gasteiger partial charge in [0.2, 0.25) is 5.91 Å². The first-order valence-electron chi connectivity index (χ1n) is 10.5. The quantitative estimate of drug-likeness (QED) is 0.696. The van der Waals surface area contributed by atoms with Crippen LogP contribution in [-0.2, 0) is 23.2 Å². The summed E-state index contributed by atoms with van der Waals surface area (Å²) in [6.07, 6.45) is 8.17. The molecule has 0 aromatic carbocycles. The van der Waals surface area contributed by atoms with Gasteiger partial charge in [-0.1, -0.05) is 6.07 Å². The Labute approximate surface area is 178 Å². The average molecular weight is 417 g/mol. The summed E-state index contributed by atoms with van der Waals surface area (Å²) >= 11 is 0. The van der Waals surface area contributed by atoms with Crippen molar-refractivity contribution in [3.8, 4) is 11.4 Å². The molecule has 3 aromatic heterocycles. The summed E-state index contributed by atoms with van der Waals surface area (Å²) in [5, 5.41) is 0. The number of carbonyl (C=O) groups is 1. The largest absolute Gasteiger partial charge is 0.340 e. The van der Waals surface area contributed by atoms with Gasteiger partial charge in [0.1, 0.15) is 12.4 Å². The van der Waals surface area contributed by atoms with E-state index in [4.69, 9.17) is 4.98 Å². The first kappa shape index (κ1) is 19.4. The zero-order chi connectivity index (χ0) is 21.4. The van der Waals surface area contributed by atoms with Gasteiger partial charge in [0.25, 0.3) is 11.1 Å². The van der Waals surface area contributed by atoms with Crippen LogP contribution in [-0.4, -0.2) is 43.4 Å². The molecule has 1 N–H and O–H groups in total. The van der Waals surface area contributed by atoms with Gasteiger partial charge < -0.3 is 14.5 Å². The number of pyridine rings is 2. The van der Waals surface area contributed by atoms with E-state index in [0.717, 1.165) is 36.1 Å². The molecule has 158 valence electrons. The second-order valence-electron chi connectivity index (χ2n) is 8.35. The zero-order valence-corrected chi connectivity index (χ0v) is 17.1. The number of aromatic nitrogens is 4. The predicted molar refractivity (Wildman–Crippen MR) is 115 cm³/mol. The van der Waals surface area contributed by atoms with E-state index < -0.39 is 0 Å². The van der Waals surface area contributed by atoms with Crippen molar-refractivity contribution >= 4 is 5.91 Å². The molecule has 1 fully saturated rings. The molecule has 1 unspecified atom stereocenters. The van der Waals surface area contributed by atoms with Crippen LogP contribution >= 0.6 is 0 Å². The Morgan fingerprint density at radius 2 is 2.06 bits per heavy atom. The first-order valence-corrected chi connectivity index (χ1v) is 10.5. The maximum Gasteiger partial charge on any atom is 0.254 e. The number of aromatic amines is 1. The molecular formula is C23H23N5O3. The maximum atomic E-state index is 13.0. The zero-order valence-electron chi connectivity index (χ0n) is 17.1. The van der Waals surface area contributed by atoms with Crippen LogP contribution in [0.1, 0.15) is 30.5 Å². The molecule has 31 heavy (non-hydrogen) atoms. The standard InChI is InChI=1S/C23H23N5O3/c29-18-6-1-2-11-27(18)14-19(30)28-12-4-8-23(15-28)9-7-17-20(23)25-21(26-22(17)31)16-5-3-10-24-13-16/h1-3,5-6,10-11,13H,4,7-9,12,14-15H2,(H,25,26,31). The number of rotatable bonds is 3. The highest BCUT2D eigenvalue weighted by atomic mass is 16.2. The lowest BCUT2D eigenvalue weighted by Gasteiger charge is -2.40. The molecule has 1 aliphatic carbocycles. The summed E-state index contributed by atoms with van der Waals surface area (Å²) in [5.41, 5.74) is 1.67. The number of hydrogen-bond donors (Lipinski definition) is 1. The third-order valence-corrected chi connectivity index (χ3v) is 6.44. The summed E-state index contributed by atoms with van der Waals surface area (Å²) < 4.78 is 1.43. The lowest BCUT2D eigenvalue weighted by atomic mass is 9.77. The molecule has 8 nitrogen and oxygen atoms in total. The van der Waals surface area contributed by atoms with Crippen LogP contribution in [0.2, 0.25) is 0 Å². The summed E-state index contributed by atoms with van der Waals surface area (Å²) in [7, 11) is 0. The summed E-state index contributed by atoms with van der Waals surface area (Å²) in [6, 6.07) is 8.54.